The zero-order valence-corrected chi connectivity index (χ0v) is 13.6. The van der Waals surface area contributed by atoms with E-state index in [1.807, 2.05) is 18.2 Å². The number of hydrogen-bond donors (Lipinski definition) is 0. The summed E-state index contributed by atoms with van der Waals surface area (Å²) in [4.78, 5) is 9.90. The van der Waals surface area contributed by atoms with Crippen molar-refractivity contribution in [3.8, 4) is 0 Å². The number of thioether (sulfide) groups is 1. The first-order chi connectivity index (χ1) is 9.74. The van der Waals surface area contributed by atoms with Gasteiger partial charge in [0.25, 0.3) is 0 Å². The SMILES string of the molecule is COC(OC)c1ccnc(CSc2ccccc2Br)n1. The third-order valence-corrected chi connectivity index (χ3v) is 4.61. The van der Waals surface area contributed by atoms with Crippen LogP contribution in [-0.2, 0) is 15.2 Å². The molecule has 1 aromatic heterocycles. The Morgan fingerprint density at radius 2 is 1.95 bits per heavy atom. The van der Waals surface area contributed by atoms with Crippen LogP contribution in [0.15, 0.2) is 45.9 Å². The van der Waals surface area contributed by atoms with Crippen molar-refractivity contribution in [2.75, 3.05) is 14.2 Å². The highest BCUT2D eigenvalue weighted by molar-refractivity contribution is 9.10. The van der Waals surface area contributed by atoms with Gasteiger partial charge in [0.2, 0.25) is 6.29 Å². The van der Waals surface area contributed by atoms with Crippen LogP contribution in [0.2, 0.25) is 0 Å². The van der Waals surface area contributed by atoms with Crippen LogP contribution in [0.1, 0.15) is 17.8 Å². The van der Waals surface area contributed by atoms with E-state index in [0.717, 1.165) is 20.9 Å². The molecule has 0 spiro atoms. The van der Waals surface area contributed by atoms with Crippen LogP contribution in [0.25, 0.3) is 0 Å². The molecule has 2 rings (SSSR count). The molecule has 106 valence electrons. The second kappa shape index (κ2) is 7.73. The molecule has 0 atom stereocenters. The van der Waals surface area contributed by atoms with Gasteiger partial charge in [0.05, 0.1) is 11.4 Å². The zero-order chi connectivity index (χ0) is 14.4. The summed E-state index contributed by atoms with van der Waals surface area (Å²) in [5.41, 5.74) is 0.729. The largest absolute Gasteiger partial charge is 0.350 e. The van der Waals surface area contributed by atoms with Crippen LogP contribution < -0.4 is 0 Å². The molecule has 2 aromatic rings. The summed E-state index contributed by atoms with van der Waals surface area (Å²) in [6, 6.07) is 9.88. The summed E-state index contributed by atoms with van der Waals surface area (Å²) in [6.45, 7) is 0. The molecule has 1 aromatic carbocycles. The van der Waals surface area contributed by atoms with Crippen molar-refractivity contribution >= 4 is 27.7 Å². The van der Waals surface area contributed by atoms with Crippen molar-refractivity contribution in [3.05, 3.63) is 52.5 Å². The Kier molecular flexibility index (Phi) is 5.97. The Balaban J connectivity index is 2.07. The van der Waals surface area contributed by atoms with Crippen molar-refractivity contribution < 1.29 is 9.47 Å². The fraction of sp³-hybridized carbons (Fsp3) is 0.286. The average Bonchev–Trinajstić information content (AvgIpc) is 2.48. The normalized spacial score (nSPS) is 11.0. The summed E-state index contributed by atoms with van der Waals surface area (Å²) in [7, 11) is 3.18. The molecule has 0 fully saturated rings. The lowest BCUT2D eigenvalue weighted by atomic mass is 10.4. The summed E-state index contributed by atoms with van der Waals surface area (Å²) in [6.07, 6.45) is 1.27. The number of hydrogen-bond acceptors (Lipinski definition) is 5. The molecule has 0 radical (unpaired) electrons. The molecule has 0 unspecified atom stereocenters. The van der Waals surface area contributed by atoms with E-state index in [2.05, 4.69) is 32.0 Å². The van der Waals surface area contributed by atoms with E-state index < -0.39 is 6.29 Å². The van der Waals surface area contributed by atoms with Crippen molar-refractivity contribution in [3.63, 3.8) is 0 Å². The van der Waals surface area contributed by atoms with Gasteiger partial charge in [-0.15, -0.1) is 11.8 Å². The van der Waals surface area contributed by atoms with E-state index in [4.69, 9.17) is 9.47 Å². The van der Waals surface area contributed by atoms with Gasteiger partial charge in [0.15, 0.2) is 0 Å². The molecule has 0 saturated heterocycles. The van der Waals surface area contributed by atoms with Crippen molar-refractivity contribution in [2.24, 2.45) is 0 Å². The lowest BCUT2D eigenvalue weighted by Crippen LogP contribution is -2.08. The van der Waals surface area contributed by atoms with Gasteiger partial charge < -0.3 is 9.47 Å². The molecule has 0 N–H and O–H groups in total. The molecule has 0 amide bonds. The smallest absolute Gasteiger partial charge is 0.200 e. The highest BCUT2D eigenvalue weighted by atomic mass is 79.9. The molecule has 0 aliphatic carbocycles. The number of nitrogens with zero attached hydrogens (tertiary/aromatic N) is 2. The van der Waals surface area contributed by atoms with Crippen LogP contribution in [0.3, 0.4) is 0 Å². The van der Waals surface area contributed by atoms with Crippen LogP contribution >= 0.6 is 27.7 Å². The first-order valence-corrected chi connectivity index (χ1v) is 7.77. The van der Waals surface area contributed by atoms with E-state index in [1.54, 1.807) is 38.2 Å². The monoisotopic (exact) mass is 354 g/mol. The summed E-state index contributed by atoms with van der Waals surface area (Å²) in [5, 5.41) is 0. The number of methoxy groups -OCH3 is 2. The van der Waals surface area contributed by atoms with Gasteiger partial charge in [-0.3, -0.25) is 0 Å². The number of benzene rings is 1. The van der Waals surface area contributed by atoms with Gasteiger partial charge in [-0.25, -0.2) is 9.97 Å². The molecule has 6 heteroatoms. The zero-order valence-electron chi connectivity index (χ0n) is 11.2. The van der Waals surface area contributed by atoms with Crippen molar-refractivity contribution in [1.82, 2.24) is 9.97 Å². The lowest BCUT2D eigenvalue weighted by molar-refractivity contribution is -0.108. The third kappa shape index (κ3) is 4.02. The molecular formula is C14H15BrN2O2S. The van der Waals surface area contributed by atoms with E-state index in [9.17, 15) is 0 Å². The maximum atomic E-state index is 5.20. The Morgan fingerprint density at radius 1 is 1.20 bits per heavy atom. The summed E-state index contributed by atoms with van der Waals surface area (Å²) >= 11 is 5.21. The van der Waals surface area contributed by atoms with E-state index >= 15 is 0 Å². The van der Waals surface area contributed by atoms with E-state index in [1.165, 1.54) is 0 Å². The predicted octanol–water partition coefficient (Wildman–Crippen LogP) is 3.82. The molecule has 20 heavy (non-hydrogen) atoms. The fourth-order valence-corrected chi connectivity index (χ4v) is 3.09. The number of ether oxygens (including phenoxy) is 2. The van der Waals surface area contributed by atoms with Gasteiger partial charge in [-0.05, 0) is 34.1 Å². The summed E-state index contributed by atoms with van der Waals surface area (Å²) in [5.74, 6) is 1.44. The Hall–Kier alpha value is -0.950. The third-order valence-electron chi connectivity index (χ3n) is 2.59. The van der Waals surface area contributed by atoms with Crippen molar-refractivity contribution in [1.29, 1.82) is 0 Å². The summed E-state index contributed by atoms with van der Waals surface area (Å²) < 4.78 is 11.5. The second-order valence-corrected chi connectivity index (χ2v) is 5.79. The van der Waals surface area contributed by atoms with Gasteiger partial charge in [-0.1, -0.05) is 12.1 Å². The molecule has 0 aliphatic heterocycles. The number of rotatable bonds is 6. The van der Waals surface area contributed by atoms with E-state index in [-0.39, 0.29) is 0 Å². The minimum absolute atomic E-state index is 0.454. The minimum Gasteiger partial charge on any atom is -0.350 e. The standard InChI is InChI=1S/C14H15BrN2O2S/c1-18-14(19-2)11-7-8-16-13(17-11)9-20-12-6-4-3-5-10(12)15/h3-8,14H,9H2,1-2H3. The van der Waals surface area contributed by atoms with E-state index in [0.29, 0.717) is 5.75 Å². The van der Waals surface area contributed by atoms with Crippen LogP contribution in [0.5, 0.6) is 0 Å². The topological polar surface area (TPSA) is 44.2 Å². The maximum absolute atomic E-state index is 5.20. The van der Waals surface area contributed by atoms with Gasteiger partial charge in [0, 0.05) is 29.8 Å². The minimum atomic E-state index is -0.454. The Morgan fingerprint density at radius 3 is 2.65 bits per heavy atom. The van der Waals surface area contributed by atoms with Gasteiger partial charge >= 0.3 is 0 Å². The second-order valence-electron chi connectivity index (χ2n) is 3.92. The highest BCUT2D eigenvalue weighted by Crippen LogP contribution is 2.29. The van der Waals surface area contributed by atoms with Gasteiger partial charge in [-0.2, -0.15) is 0 Å². The molecule has 0 bridgehead atoms. The first kappa shape index (κ1) is 15.4. The van der Waals surface area contributed by atoms with Crippen LogP contribution in [0.4, 0.5) is 0 Å². The first-order valence-electron chi connectivity index (χ1n) is 5.99. The average molecular weight is 355 g/mol. The Labute approximate surface area is 131 Å². The molecule has 0 saturated carbocycles. The molecule has 0 aliphatic rings. The maximum Gasteiger partial charge on any atom is 0.200 e. The highest BCUT2D eigenvalue weighted by Gasteiger charge is 2.11. The number of halogens is 1. The van der Waals surface area contributed by atoms with Gasteiger partial charge in [0.1, 0.15) is 5.82 Å². The van der Waals surface area contributed by atoms with Crippen molar-refractivity contribution in [2.45, 2.75) is 16.9 Å². The predicted molar refractivity (Wildman–Crippen MR) is 82.5 cm³/mol. The molecular weight excluding hydrogens is 340 g/mol. The fourth-order valence-electron chi connectivity index (χ4n) is 1.66. The molecule has 4 nitrogen and oxygen atoms in total. The van der Waals surface area contributed by atoms with Crippen LogP contribution in [0, 0.1) is 0 Å². The lowest BCUT2D eigenvalue weighted by Gasteiger charge is -2.13. The number of aromatic nitrogens is 2. The molecule has 1 heterocycles. The van der Waals surface area contributed by atoms with Crippen LogP contribution in [-0.4, -0.2) is 24.2 Å². The quantitative estimate of drug-likeness (QED) is 0.582. The Bertz CT molecular complexity index is 564.